The molecule has 7 nitrogen and oxygen atoms in total. The zero-order valence-electron chi connectivity index (χ0n) is 25.6. The zero-order chi connectivity index (χ0) is 31.9. The van der Waals surface area contributed by atoms with E-state index >= 15 is 8.78 Å². The monoisotopic (exact) mass is 636 g/mol. The Hall–Kier alpha value is -3.70. The number of piperidine rings is 1. The summed E-state index contributed by atoms with van der Waals surface area (Å²) in [5, 5.41) is 22.1. The molecule has 0 unspecified atom stereocenters. The molecule has 3 saturated heterocycles. The lowest BCUT2D eigenvalue weighted by Crippen LogP contribution is -2.43. The number of halogens is 4. The van der Waals surface area contributed by atoms with Crippen LogP contribution < -0.4 is 9.64 Å². The predicted octanol–water partition coefficient (Wildman–Crippen LogP) is 6.30. The third kappa shape index (κ3) is 4.68. The van der Waals surface area contributed by atoms with Gasteiger partial charge in [0.1, 0.15) is 41.5 Å². The molecule has 8 rings (SSSR count). The number of nitrogens with zero attached hydrogens (tertiary/aromatic N) is 4. The SMILES string of the molecule is CCc1c(F)ccc2cc(O)cc(-c3c(F)cc4c(N5C[C@H]6C[C@@H](C5)[C@H](O)C6)nc(OC[C@@]56CCCN5C[C@H](F)C6)nc4c3F)c12. The van der Waals surface area contributed by atoms with Crippen LogP contribution in [0.3, 0.4) is 0 Å². The Balaban J connectivity index is 1.30. The Morgan fingerprint density at radius 1 is 1.04 bits per heavy atom. The van der Waals surface area contributed by atoms with Crippen molar-refractivity contribution in [1.82, 2.24) is 14.9 Å². The van der Waals surface area contributed by atoms with E-state index in [1.165, 1.54) is 30.3 Å². The van der Waals surface area contributed by atoms with Gasteiger partial charge in [-0.25, -0.2) is 17.6 Å². The normalized spacial score (nSPS) is 27.7. The number of benzene rings is 3. The molecule has 4 fully saturated rings. The summed E-state index contributed by atoms with van der Waals surface area (Å²) in [5.41, 5.74) is -0.791. The van der Waals surface area contributed by atoms with Gasteiger partial charge in [0.15, 0.2) is 5.82 Å². The molecule has 2 N–H and O–H groups in total. The first-order chi connectivity index (χ1) is 22.1. The van der Waals surface area contributed by atoms with E-state index in [9.17, 15) is 19.0 Å². The molecule has 4 aromatic rings. The Kier molecular flexibility index (Phi) is 7.06. The molecule has 0 amide bonds. The molecular formula is C35H36F4N4O3. The Bertz CT molecular complexity index is 1870. The minimum atomic E-state index is -0.980. The van der Waals surface area contributed by atoms with E-state index in [1.54, 1.807) is 6.92 Å². The summed E-state index contributed by atoms with van der Waals surface area (Å²) in [4.78, 5) is 13.2. The number of aliphatic hydroxyl groups is 1. The van der Waals surface area contributed by atoms with E-state index in [-0.39, 0.29) is 58.7 Å². The van der Waals surface area contributed by atoms with Crippen LogP contribution in [0.25, 0.3) is 32.8 Å². The molecule has 2 bridgehead atoms. The van der Waals surface area contributed by atoms with Crippen LogP contribution in [0.1, 0.15) is 44.6 Å². The van der Waals surface area contributed by atoms with Crippen molar-refractivity contribution in [2.45, 2.75) is 63.3 Å². The molecule has 5 atom stereocenters. The van der Waals surface area contributed by atoms with Gasteiger partial charge in [0.05, 0.1) is 17.2 Å². The molecular weight excluding hydrogens is 600 g/mol. The largest absolute Gasteiger partial charge is 0.508 e. The lowest BCUT2D eigenvalue weighted by Gasteiger charge is -2.34. The van der Waals surface area contributed by atoms with Crippen molar-refractivity contribution >= 4 is 27.5 Å². The number of alkyl halides is 1. The van der Waals surface area contributed by atoms with Crippen LogP contribution in [0, 0.1) is 29.3 Å². The number of hydrogen-bond donors (Lipinski definition) is 2. The van der Waals surface area contributed by atoms with Crippen LogP contribution in [-0.2, 0) is 6.42 Å². The smallest absolute Gasteiger partial charge is 0.319 e. The average Bonchev–Trinajstić information content (AvgIpc) is 3.63. The summed E-state index contributed by atoms with van der Waals surface area (Å²) in [6.07, 6.45) is 2.43. The zero-order valence-corrected chi connectivity index (χ0v) is 25.6. The van der Waals surface area contributed by atoms with Crippen molar-refractivity contribution in [3.8, 4) is 22.9 Å². The number of aryl methyl sites for hydroxylation is 1. The van der Waals surface area contributed by atoms with Gasteiger partial charge in [-0.15, -0.1) is 0 Å². The molecule has 0 spiro atoms. The fraction of sp³-hybridized carbons (Fsp3) is 0.486. The molecule has 4 aliphatic rings. The number of fused-ring (bicyclic) bond motifs is 5. The van der Waals surface area contributed by atoms with Gasteiger partial charge in [0, 0.05) is 37.4 Å². The maximum absolute atomic E-state index is 16.9. The van der Waals surface area contributed by atoms with Crippen molar-refractivity contribution in [3.63, 3.8) is 0 Å². The first-order valence-corrected chi connectivity index (χ1v) is 16.2. The number of rotatable bonds is 6. The molecule has 1 aromatic heterocycles. The average molecular weight is 637 g/mol. The van der Waals surface area contributed by atoms with Crippen LogP contribution in [0.4, 0.5) is 23.4 Å². The Morgan fingerprint density at radius 2 is 1.89 bits per heavy atom. The first-order valence-electron chi connectivity index (χ1n) is 16.2. The molecule has 3 aliphatic heterocycles. The van der Waals surface area contributed by atoms with E-state index in [4.69, 9.17) is 9.72 Å². The second kappa shape index (κ2) is 10.9. The predicted molar refractivity (Wildman–Crippen MR) is 166 cm³/mol. The highest BCUT2D eigenvalue weighted by molar-refractivity contribution is 6.03. The minimum Gasteiger partial charge on any atom is -0.508 e. The van der Waals surface area contributed by atoms with Crippen molar-refractivity contribution in [2.75, 3.05) is 37.7 Å². The fourth-order valence-corrected chi connectivity index (χ4v) is 8.81. The number of phenols is 1. The van der Waals surface area contributed by atoms with Crippen LogP contribution in [0.15, 0.2) is 30.3 Å². The topological polar surface area (TPSA) is 82.0 Å². The van der Waals surface area contributed by atoms with E-state index < -0.39 is 40.8 Å². The second-order valence-electron chi connectivity index (χ2n) is 13.7. The highest BCUT2D eigenvalue weighted by Gasteiger charge is 2.49. The molecule has 3 aromatic carbocycles. The van der Waals surface area contributed by atoms with Gasteiger partial charge in [-0.1, -0.05) is 13.0 Å². The van der Waals surface area contributed by atoms with Gasteiger partial charge in [-0.2, -0.15) is 9.97 Å². The number of hydrogen-bond acceptors (Lipinski definition) is 7. The quantitative estimate of drug-likeness (QED) is 0.241. The summed E-state index contributed by atoms with van der Waals surface area (Å²) in [5.74, 6) is -2.07. The van der Waals surface area contributed by atoms with Gasteiger partial charge in [-0.05, 0) is 90.7 Å². The van der Waals surface area contributed by atoms with Crippen LogP contribution in [0.2, 0.25) is 0 Å². The summed E-state index contributed by atoms with van der Waals surface area (Å²) in [7, 11) is 0. The van der Waals surface area contributed by atoms with Crippen molar-refractivity contribution in [3.05, 3.63) is 53.3 Å². The number of aromatic hydroxyl groups is 1. The van der Waals surface area contributed by atoms with E-state index in [0.717, 1.165) is 25.8 Å². The van der Waals surface area contributed by atoms with Gasteiger partial charge >= 0.3 is 6.01 Å². The highest BCUT2D eigenvalue weighted by Crippen LogP contribution is 2.45. The molecule has 1 aliphatic carbocycles. The van der Waals surface area contributed by atoms with E-state index in [2.05, 4.69) is 9.88 Å². The van der Waals surface area contributed by atoms with Crippen LogP contribution in [-0.4, -0.2) is 75.7 Å². The Labute approximate surface area is 263 Å². The summed E-state index contributed by atoms with van der Waals surface area (Å²) in [6, 6.07) is 6.55. The van der Waals surface area contributed by atoms with Crippen LogP contribution >= 0.6 is 0 Å². The molecule has 4 heterocycles. The molecule has 242 valence electrons. The highest BCUT2D eigenvalue weighted by atomic mass is 19.1. The first kappa shape index (κ1) is 29.7. The maximum Gasteiger partial charge on any atom is 0.319 e. The number of phenolic OH excluding ortho intramolecular Hbond substituents is 1. The number of aliphatic hydroxyl groups excluding tert-OH is 1. The molecule has 1 saturated carbocycles. The van der Waals surface area contributed by atoms with E-state index in [1.807, 2.05) is 4.90 Å². The summed E-state index contributed by atoms with van der Waals surface area (Å²) >= 11 is 0. The van der Waals surface area contributed by atoms with Crippen molar-refractivity contribution in [2.24, 2.45) is 11.8 Å². The second-order valence-corrected chi connectivity index (χ2v) is 13.7. The fourth-order valence-electron chi connectivity index (χ4n) is 8.81. The lowest BCUT2D eigenvalue weighted by atomic mass is 9.91. The standard InChI is InChI=1S/C35H36F4N4O3/c1-2-23-26(37)5-4-19-10-22(44)11-24(29(19)23)30-27(38)12-25-32(31(30)39)40-34(46-17-35-6-3-7-43(35)16-21(36)13-35)41-33(25)42-14-18-8-20(15-42)28(45)9-18/h4-5,10-12,18,20-21,28,44-45H,2-3,6-9,13-17H2,1H3/t18-,20-,21+,28+,35-/m0/s1. The summed E-state index contributed by atoms with van der Waals surface area (Å²) in [6.45, 7) is 4.04. The summed E-state index contributed by atoms with van der Waals surface area (Å²) < 4.78 is 68.8. The third-order valence-corrected chi connectivity index (χ3v) is 10.8. The minimum absolute atomic E-state index is 0.00836. The van der Waals surface area contributed by atoms with Crippen molar-refractivity contribution < 1.29 is 32.5 Å². The molecule has 46 heavy (non-hydrogen) atoms. The molecule has 11 heteroatoms. The van der Waals surface area contributed by atoms with Gasteiger partial charge in [0.25, 0.3) is 0 Å². The van der Waals surface area contributed by atoms with Gasteiger partial charge < -0.3 is 19.8 Å². The van der Waals surface area contributed by atoms with Gasteiger partial charge in [0.2, 0.25) is 0 Å². The number of anilines is 1. The van der Waals surface area contributed by atoms with Crippen molar-refractivity contribution in [1.29, 1.82) is 0 Å². The number of ether oxygens (including phenoxy) is 1. The van der Waals surface area contributed by atoms with E-state index in [0.29, 0.717) is 49.1 Å². The third-order valence-electron chi connectivity index (χ3n) is 10.8. The molecule has 0 radical (unpaired) electrons. The van der Waals surface area contributed by atoms with Crippen LogP contribution in [0.5, 0.6) is 11.8 Å². The van der Waals surface area contributed by atoms with Gasteiger partial charge in [-0.3, -0.25) is 4.90 Å². The lowest BCUT2D eigenvalue weighted by molar-refractivity contribution is 0.107. The maximum atomic E-state index is 16.9. The Morgan fingerprint density at radius 3 is 2.70 bits per heavy atom. The number of aromatic nitrogens is 2.